The van der Waals surface area contributed by atoms with Crippen molar-refractivity contribution >= 4 is 17.6 Å². The molecule has 0 saturated carbocycles. The van der Waals surface area contributed by atoms with Gasteiger partial charge in [0.05, 0.1) is 17.0 Å². The van der Waals surface area contributed by atoms with Gasteiger partial charge in [-0.05, 0) is 11.6 Å². The van der Waals surface area contributed by atoms with Crippen LogP contribution in [0.1, 0.15) is 11.1 Å². The summed E-state index contributed by atoms with van der Waals surface area (Å²) in [5.41, 5.74) is -0.179. The van der Waals surface area contributed by atoms with Crippen LogP contribution in [0.5, 0.6) is 0 Å². The van der Waals surface area contributed by atoms with Gasteiger partial charge < -0.3 is 5.11 Å². The van der Waals surface area contributed by atoms with Gasteiger partial charge >= 0.3 is 5.97 Å². The summed E-state index contributed by atoms with van der Waals surface area (Å²) in [5, 5.41) is 16.9. The lowest BCUT2D eigenvalue weighted by molar-refractivity contribution is -0.136. The molecule has 1 aromatic carbocycles. The van der Waals surface area contributed by atoms with Crippen molar-refractivity contribution in [2.75, 3.05) is 0 Å². The van der Waals surface area contributed by atoms with E-state index in [0.717, 1.165) is 0 Å². The van der Waals surface area contributed by atoms with E-state index < -0.39 is 18.2 Å². The molecule has 0 aliphatic rings. The van der Waals surface area contributed by atoms with E-state index in [1.54, 1.807) is 6.07 Å². The highest BCUT2D eigenvalue weighted by Crippen LogP contribution is 2.21. The molecular weight excluding hydrogens is 209 g/mol. The first kappa shape index (κ1) is 10.5. The SMILES string of the molecule is N#Cc1c(CC(=O)O)ccc(Cl)c1F. The van der Waals surface area contributed by atoms with Gasteiger partial charge in [-0.15, -0.1) is 0 Å². The summed E-state index contributed by atoms with van der Waals surface area (Å²) in [5.74, 6) is -1.99. The highest BCUT2D eigenvalue weighted by molar-refractivity contribution is 6.30. The van der Waals surface area contributed by atoms with Crippen molar-refractivity contribution in [1.82, 2.24) is 0 Å². The first-order valence-electron chi connectivity index (χ1n) is 3.65. The fraction of sp³-hybridized carbons (Fsp3) is 0.111. The minimum Gasteiger partial charge on any atom is -0.481 e. The zero-order valence-corrected chi connectivity index (χ0v) is 7.68. The van der Waals surface area contributed by atoms with E-state index in [9.17, 15) is 9.18 Å². The lowest BCUT2D eigenvalue weighted by atomic mass is 10.1. The van der Waals surface area contributed by atoms with Crippen molar-refractivity contribution in [1.29, 1.82) is 5.26 Å². The van der Waals surface area contributed by atoms with Gasteiger partial charge in [-0.1, -0.05) is 17.7 Å². The molecule has 0 fully saturated rings. The fourth-order valence-electron chi connectivity index (χ4n) is 1.02. The minimum atomic E-state index is -1.12. The van der Waals surface area contributed by atoms with Crippen molar-refractivity contribution in [3.63, 3.8) is 0 Å². The lowest BCUT2D eigenvalue weighted by Gasteiger charge is -2.02. The molecule has 0 saturated heterocycles. The predicted octanol–water partition coefficient (Wildman–Crippen LogP) is 1.98. The molecule has 0 aliphatic heterocycles. The molecule has 5 heteroatoms. The largest absolute Gasteiger partial charge is 0.481 e. The van der Waals surface area contributed by atoms with E-state index >= 15 is 0 Å². The summed E-state index contributed by atoms with van der Waals surface area (Å²) in [6, 6.07) is 4.15. The number of carbonyl (C=O) groups is 1. The Bertz CT molecular complexity index is 426. The Morgan fingerprint density at radius 2 is 2.29 bits per heavy atom. The van der Waals surface area contributed by atoms with Gasteiger partial charge in [0.2, 0.25) is 0 Å². The van der Waals surface area contributed by atoms with Crippen LogP contribution in [0.25, 0.3) is 0 Å². The van der Waals surface area contributed by atoms with E-state index in [0.29, 0.717) is 0 Å². The monoisotopic (exact) mass is 213 g/mol. The number of carboxylic acid groups (broad SMARTS) is 1. The molecule has 0 aromatic heterocycles. The maximum Gasteiger partial charge on any atom is 0.307 e. The molecule has 0 atom stereocenters. The maximum absolute atomic E-state index is 13.2. The second-order valence-electron chi connectivity index (χ2n) is 2.58. The molecule has 0 spiro atoms. The number of nitrogens with zero attached hydrogens (tertiary/aromatic N) is 1. The van der Waals surface area contributed by atoms with Crippen LogP contribution in [0.2, 0.25) is 5.02 Å². The summed E-state index contributed by atoms with van der Waals surface area (Å²) in [4.78, 5) is 10.4. The first-order valence-corrected chi connectivity index (χ1v) is 4.03. The van der Waals surface area contributed by atoms with Crippen molar-refractivity contribution in [3.8, 4) is 6.07 Å². The third kappa shape index (κ3) is 2.01. The highest BCUT2D eigenvalue weighted by Gasteiger charge is 2.13. The van der Waals surface area contributed by atoms with Gasteiger partial charge in [0.1, 0.15) is 6.07 Å². The van der Waals surface area contributed by atoms with E-state index in [-0.39, 0.29) is 16.1 Å². The summed E-state index contributed by atoms with van der Waals surface area (Å²) in [7, 11) is 0. The number of hydrogen-bond acceptors (Lipinski definition) is 2. The maximum atomic E-state index is 13.2. The van der Waals surface area contributed by atoms with E-state index in [1.165, 1.54) is 12.1 Å². The van der Waals surface area contributed by atoms with Gasteiger partial charge in [0.25, 0.3) is 0 Å². The number of carboxylic acids is 1. The standard InChI is InChI=1S/C9H5ClFNO2/c10-7-2-1-5(3-8(13)14)6(4-12)9(7)11/h1-2H,3H2,(H,13,14). The van der Waals surface area contributed by atoms with Crippen LogP contribution in [-0.2, 0) is 11.2 Å². The molecule has 0 amide bonds. The van der Waals surface area contributed by atoms with Crippen molar-refractivity contribution < 1.29 is 14.3 Å². The normalized spacial score (nSPS) is 9.50. The highest BCUT2D eigenvalue weighted by atomic mass is 35.5. The van der Waals surface area contributed by atoms with Crippen molar-refractivity contribution in [3.05, 3.63) is 34.1 Å². The van der Waals surface area contributed by atoms with Crippen molar-refractivity contribution in [2.24, 2.45) is 0 Å². The Hall–Kier alpha value is -1.60. The molecule has 1 N–H and O–H groups in total. The average molecular weight is 214 g/mol. The predicted molar refractivity (Wildman–Crippen MR) is 47.5 cm³/mol. The summed E-state index contributed by atoms with van der Waals surface area (Å²) in [6.07, 6.45) is -0.392. The number of halogens is 2. The molecule has 1 aromatic rings. The van der Waals surface area contributed by atoms with Gasteiger partial charge in [-0.25, -0.2) is 4.39 Å². The van der Waals surface area contributed by atoms with Crippen LogP contribution >= 0.6 is 11.6 Å². The van der Waals surface area contributed by atoms with Crippen LogP contribution in [0.3, 0.4) is 0 Å². The van der Waals surface area contributed by atoms with E-state index in [4.69, 9.17) is 22.0 Å². The first-order chi connectivity index (χ1) is 6.56. The van der Waals surface area contributed by atoms with Crippen LogP contribution < -0.4 is 0 Å². The molecule has 0 aliphatic carbocycles. The zero-order chi connectivity index (χ0) is 10.7. The lowest BCUT2D eigenvalue weighted by Crippen LogP contribution is -2.03. The molecule has 0 radical (unpaired) electrons. The van der Waals surface area contributed by atoms with E-state index in [1.807, 2.05) is 0 Å². The second kappa shape index (κ2) is 4.07. The van der Waals surface area contributed by atoms with Crippen LogP contribution in [0.4, 0.5) is 4.39 Å². The molecule has 0 heterocycles. The Labute approximate surface area is 84.3 Å². The third-order valence-corrected chi connectivity index (χ3v) is 1.93. The van der Waals surface area contributed by atoms with Crippen LogP contribution in [-0.4, -0.2) is 11.1 Å². The molecule has 14 heavy (non-hydrogen) atoms. The van der Waals surface area contributed by atoms with Crippen LogP contribution in [0, 0.1) is 17.1 Å². The molecule has 3 nitrogen and oxygen atoms in total. The zero-order valence-electron chi connectivity index (χ0n) is 6.92. The number of nitriles is 1. The number of hydrogen-bond donors (Lipinski definition) is 1. The Morgan fingerprint density at radius 1 is 1.64 bits per heavy atom. The van der Waals surface area contributed by atoms with E-state index in [2.05, 4.69) is 0 Å². The number of aliphatic carboxylic acids is 1. The Morgan fingerprint density at radius 3 is 2.79 bits per heavy atom. The summed E-state index contributed by atoms with van der Waals surface area (Å²) in [6.45, 7) is 0. The Kier molecular flexibility index (Phi) is 3.05. The summed E-state index contributed by atoms with van der Waals surface area (Å²) < 4.78 is 13.2. The fourth-order valence-corrected chi connectivity index (χ4v) is 1.18. The van der Waals surface area contributed by atoms with Gasteiger partial charge in [0.15, 0.2) is 5.82 Å². The molecule has 72 valence electrons. The number of rotatable bonds is 2. The van der Waals surface area contributed by atoms with Gasteiger partial charge in [-0.3, -0.25) is 4.79 Å². The topological polar surface area (TPSA) is 61.1 Å². The quantitative estimate of drug-likeness (QED) is 0.817. The van der Waals surface area contributed by atoms with Gasteiger partial charge in [-0.2, -0.15) is 5.26 Å². The third-order valence-electron chi connectivity index (χ3n) is 1.63. The molecule has 1 rings (SSSR count). The second-order valence-corrected chi connectivity index (χ2v) is 2.99. The molecule has 0 unspecified atom stereocenters. The smallest absolute Gasteiger partial charge is 0.307 e. The van der Waals surface area contributed by atoms with Crippen LogP contribution in [0.15, 0.2) is 12.1 Å². The van der Waals surface area contributed by atoms with Crippen molar-refractivity contribution in [2.45, 2.75) is 6.42 Å². The number of benzene rings is 1. The molecule has 0 bridgehead atoms. The Balaban J connectivity index is 3.26. The minimum absolute atomic E-state index is 0.127. The van der Waals surface area contributed by atoms with Gasteiger partial charge in [0, 0.05) is 0 Å². The molecular formula is C9H5ClFNO2. The summed E-state index contributed by atoms with van der Waals surface area (Å²) >= 11 is 5.43. The average Bonchev–Trinajstić information content (AvgIpc) is 2.11.